The first-order valence-electron chi connectivity index (χ1n) is 13.2. The summed E-state index contributed by atoms with van der Waals surface area (Å²) >= 11 is 0. The van der Waals surface area contributed by atoms with E-state index in [4.69, 9.17) is 37.0 Å². The van der Waals surface area contributed by atoms with Crippen LogP contribution in [0.15, 0.2) is 60.7 Å². The molecule has 0 aliphatic heterocycles. The lowest BCUT2D eigenvalue weighted by Gasteiger charge is -2.36. The van der Waals surface area contributed by atoms with E-state index in [-0.39, 0.29) is 38.2 Å². The van der Waals surface area contributed by atoms with Crippen LogP contribution in [-0.4, -0.2) is 65.7 Å². The molecule has 0 aliphatic carbocycles. The molecule has 0 aromatic heterocycles. The molecule has 2 aromatic carbocycles. The summed E-state index contributed by atoms with van der Waals surface area (Å²) in [6.07, 6.45) is 0. The third kappa shape index (κ3) is 7.74. The van der Waals surface area contributed by atoms with Crippen LogP contribution in [0.4, 0.5) is 0 Å². The fourth-order valence-corrected chi connectivity index (χ4v) is 6.03. The zero-order valence-corrected chi connectivity index (χ0v) is 24.8. The number of hydrogen-bond donors (Lipinski definition) is 0. The molecule has 0 aliphatic rings. The van der Waals surface area contributed by atoms with Crippen molar-refractivity contribution in [1.82, 2.24) is 0 Å². The fourth-order valence-electron chi connectivity index (χ4n) is 3.82. The van der Waals surface area contributed by atoms with Gasteiger partial charge in [0, 0.05) is 25.7 Å². The normalized spacial score (nSPS) is 13.2. The van der Waals surface area contributed by atoms with Crippen molar-refractivity contribution in [2.75, 3.05) is 33.0 Å². The Morgan fingerprint density at radius 1 is 0.600 bits per heavy atom. The lowest BCUT2D eigenvalue weighted by molar-refractivity contribution is -0.358. The molecule has 0 fully saturated rings. The number of rotatable bonds is 17. The Morgan fingerprint density at radius 2 is 1.02 bits per heavy atom. The minimum atomic E-state index is -4.81. The maximum absolute atomic E-state index is 14.1. The van der Waals surface area contributed by atoms with E-state index in [0.717, 1.165) is 6.92 Å². The summed E-state index contributed by atoms with van der Waals surface area (Å²) in [5, 5.41) is 0.125. The second kappa shape index (κ2) is 15.6. The topological polar surface area (TPSA) is 125 Å². The van der Waals surface area contributed by atoms with Crippen LogP contribution >= 0.6 is 0 Å². The molecule has 0 saturated heterocycles. The van der Waals surface area contributed by atoms with Gasteiger partial charge < -0.3 is 37.0 Å². The second-order valence-corrected chi connectivity index (χ2v) is 10.3. The molecule has 40 heavy (non-hydrogen) atoms. The molecule has 220 valence electrons. The highest BCUT2D eigenvalue weighted by Crippen LogP contribution is 2.32. The van der Waals surface area contributed by atoms with Gasteiger partial charge >= 0.3 is 26.7 Å². The lowest BCUT2D eigenvalue weighted by atomic mass is 10.1. The van der Waals surface area contributed by atoms with Crippen molar-refractivity contribution < 1.29 is 51.3 Å². The van der Waals surface area contributed by atoms with E-state index in [1.54, 1.807) is 83.1 Å². The van der Waals surface area contributed by atoms with Gasteiger partial charge in [0.05, 0.1) is 25.0 Å². The Hall–Kier alpha value is -3.13. The lowest BCUT2D eigenvalue weighted by Crippen LogP contribution is -2.64. The molecule has 0 amide bonds. The Labute approximate surface area is 235 Å². The van der Waals surface area contributed by atoms with E-state index < -0.39 is 38.5 Å². The van der Waals surface area contributed by atoms with Crippen LogP contribution in [0, 0.1) is 0 Å². The van der Waals surface area contributed by atoms with Gasteiger partial charge in [-0.1, -0.05) is 60.7 Å². The molecule has 1 unspecified atom stereocenters. The molecular formula is C28H38O11Si. The van der Waals surface area contributed by atoms with Crippen LogP contribution < -0.4 is 5.19 Å². The SMILES string of the molecule is CCOC(OCC)(OCC)C(=O)O[Si](OC(C)=O)(OC(=O)C(OCC)(OCC)c1ccccc1)c1ccccc1. The average Bonchev–Trinajstić information content (AvgIpc) is 2.93. The van der Waals surface area contributed by atoms with E-state index in [9.17, 15) is 14.4 Å². The molecule has 0 radical (unpaired) electrons. The van der Waals surface area contributed by atoms with Gasteiger partial charge in [-0.2, -0.15) is 0 Å². The Bertz CT molecular complexity index is 1060. The van der Waals surface area contributed by atoms with E-state index in [1.807, 2.05) is 0 Å². The molecule has 0 saturated carbocycles. The molecule has 0 N–H and O–H groups in total. The van der Waals surface area contributed by atoms with Gasteiger partial charge in [0.1, 0.15) is 0 Å². The van der Waals surface area contributed by atoms with Crippen molar-refractivity contribution >= 4 is 31.9 Å². The van der Waals surface area contributed by atoms with E-state index >= 15 is 0 Å². The minimum Gasteiger partial charge on any atom is -0.452 e. The van der Waals surface area contributed by atoms with Crippen molar-refractivity contribution in [2.45, 2.75) is 53.3 Å². The summed E-state index contributed by atoms with van der Waals surface area (Å²) in [5.41, 5.74) is 0.320. The zero-order valence-electron chi connectivity index (χ0n) is 23.8. The molecule has 12 heteroatoms. The van der Waals surface area contributed by atoms with Gasteiger partial charge in [0.15, 0.2) is 0 Å². The minimum absolute atomic E-state index is 0.00808. The first kappa shape index (κ1) is 33.1. The Kier molecular flexibility index (Phi) is 12.9. The predicted octanol–water partition coefficient (Wildman–Crippen LogP) is 3.17. The molecule has 2 rings (SSSR count). The number of ether oxygens (including phenoxy) is 5. The molecule has 0 spiro atoms. The first-order chi connectivity index (χ1) is 19.2. The largest absolute Gasteiger partial charge is 0.743 e. The highest BCUT2D eigenvalue weighted by molar-refractivity contribution is 6.79. The summed E-state index contributed by atoms with van der Waals surface area (Å²) in [7, 11) is -4.81. The monoisotopic (exact) mass is 578 g/mol. The molecule has 11 nitrogen and oxygen atoms in total. The van der Waals surface area contributed by atoms with Gasteiger partial charge in [-0.05, 0) is 34.6 Å². The standard InChI is InChI=1S/C28H38O11Si/c1-7-32-27(33-8-2,23-18-14-12-15-19-23)25(30)38-40(37-22(6)29,24-20-16-13-17-21-24)39-26(31)28(34-9-3,35-10-4)36-11-5/h12-21H,7-11H2,1-6H3. The summed E-state index contributed by atoms with van der Waals surface area (Å²) in [6, 6.07) is 16.3. The van der Waals surface area contributed by atoms with Crippen molar-refractivity contribution in [3.63, 3.8) is 0 Å². The second-order valence-electron chi connectivity index (χ2n) is 8.00. The van der Waals surface area contributed by atoms with Crippen molar-refractivity contribution in [3.05, 3.63) is 66.2 Å². The van der Waals surface area contributed by atoms with Crippen molar-refractivity contribution in [2.24, 2.45) is 0 Å². The van der Waals surface area contributed by atoms with E-state index in [1.165, 1.54) is 12.1 Å². The van der Waals surface area contributed by atoms with Crippen molar-refractivity contribution in [1.29, 1.82) is 0 Å². The molecular weight excluding hydrogens is 540 g/mol. The maximum Gasteiger partial charge on any atom is 0.743 e. The van der Waals surface area contributed by atoms with Gasteiger partial charge in [-0.15, -0.1) is 0 Å². The van der Waals surface area contributed by atoms with E-state index in [0.29, 0.717) is 5.56 Å². The highest BCUT2D eigenvalue weighted by Gasteiger charge is 2.62. The van der Waals surface area contributed by atoms with E-state index in [2.05, 4.69) is 0 Å². The first-order valence-corrected chi connectivity index (χ1v) is 14.9. The molecule has 0 heterocycles. The summed E-state index contributed by atoms with van der Waals surface area (Å²) < 4.78 is 45.8. The van der Waals surface area contributed by atoms with Crippen LogP contribution in [0.2, 0.25) is 0 Å². The van der Waals surface area contributed by atoms with Crippen molar-refractivity contribution in [3.8, 4) is 0 Å². The number of hydrogen-bond acceptors (Lipinski definition) is 11. The Balaban J connectivity index is 2.74. The number of benzene rings is 2. The predicted molar refractivity (Wildman–Crippen MR) is 145 cm³/mol. The highest BCUT2D eigenvalue weighted by atomic mass is 28.4. The van der Waals surface area contributed by atoms with Crippen LogP contribution in [0.25, 0.3) is 0 Å². The van der Waals surface area contributed by atoms with Gasteiger partial charge in [-0.25, -0.2) is 9.59 Å². The summed E-state index contributed by atoms with van der Waals surface area (Å²) in [5.74, 6) is -7.55. The number of carbonyl (C=O) groups is 3. The van der Waals surface area contributed by atoms with Crippen LogP contribution in [-0.2, 0) is 57.1 Å². The van der Waals surface area contributed by atoms with Crippen LogP contribution in [0.5, 0.6) is 0 Å². The van der Waals surface area contributed by atoms with Gasteiger partial charge in [0.25, 0.3) is 11.8 Å². The van der Waals surface area contributed by atoms with Gasteiger partial charge in [-0.3, -0.25) is 4.79 Å². The number of carbonyl (C=O) groups excluding carboxylic acids is 3. The van der Waals surface area contributed by atoms with Crippen LogP contribution in [0.3, 0.4) is 0 Å². The zero-order chi connectivity index (χ0) is 29.7. The quantitative estimate of drug-likeness (QED) is 0.203. The maximum atomic E-state index is 14.1. The van der Waals surface area contributed by atoms with Gasteiger partial charge in [0.2, 0.25) is 0 Å². The smallest absolute Gasteiger partial charge is 0.452 e. The summed E-state index contributed by atoms with van der Waals surface area (Å²) in [6.45, 7) is 9.49. The molecule has 0 bridgehead atoms. The summed E-state index contributed by atoms with van der Waals surface area (Å²) in [4.78, 5) is 40.3. The third-order valence-corrected chi connectivity index (χ3v) is 7.74. The molecule has 2 aromatic rings. The average molecular weight is 579 g/mol. The Morgan fingerprint density at radius 3 is 1.45 bits per heavy atom. The third-order valence-electron chi connectivity index (χ3n) is 5.23. The molecule has 1 atom stereocenters. The van der Waals surface area contributed by atoms with Crippen LogP contribution in [0.1, 0.15) is 47.1 Å². The fraction of sp³-hybridized carbons (Fsp3) is 0.464.